The van der Waals surface area contributed by atoms with Gasteiger partial charge in [0.2, 0.25) is 0 Å². The highest BCUT2D eigenvalue weighted by Gasteiger charge is 2.08. The van der Waals surface area contributed by atoms with Crippen molar-refractivity contribution in [1.82, 2.24) is 0 Å². The van der Waals surface area contributed by atoms with E-state index >= 15 is 0 Å². The van der Waals surface area contributed by atoms with Crippen LogP contribution < -0.4 is 0 Å². The molecule has 3 heteroatoms. The topological polar surface area (TPSA) is 50.0 Å². The molecule has 0 amide bonds. The van der Waals surface area contributed by atoms with Gasteiger partial charge in [-0.3, -0.25) is 0 Å². The summed E-state index contributed by atoms with van der Waals surface area (Å²) in [6, 6.07) is 0. The van der Waals surface area contributed by atoms with Crippen molar-refractivity contribution in [3.63, 3.8) is 0 Å². The van der Waals surface area contributed by atoms with Crippen LogP contribution in [-0.4, -0.2) is 25.0 Å². The molecule has 0 aromatic carbocycles. The Morgan fingerprint density at radius 3 is 1.65 bits per heavy atom. The number of hydrogen-bond acceptors (Lipinski definition) is 2. The molecule has 0 heterocycles. The monoisotopic (exact) mass is 290 g/mol. The lowest BCUT2D eigenvalue weighted by Gasteiger charge is -2.18. The Hall–Kier alpha value is -0.120. The molecule has 1 atom stereocenters. The highest BCUT2D eigenvalue weighted by molar-refractivity contribution is 4.50. The maximum Gasteiger partial charge on any atom is 0.157 e. The minimum atomic E-state index is 0. The van der Waals surface area contributed by atoms with Crippen molar-refractivity contribution in [2.75, 3.05) is 13.2 Å². The zero-order valence-corrected chi connectivity index (χ0v) is 14.1. The van der Waals surface area contributed by atoms with Crippen molar-refractivity contribution in [3.05, 3.63) is 0 Å². The Balaban J connectivity index is 0. The van der Waals surface area contributed by atoms with Crippen LogP contribution in [0.2, 0.25) is 0 Å². The zero-order valence-electron chi connectivity index (χ0n) is 14.1. The Bertz CT molecular complexity index is 162. The molecule has 0 aromatic heterocycles. The summed E-state index contributed by atoms with van der Waals surface area (Å²) >= 11 is 0. The van der Waals surface area contributed by atoms with Crippen LogP contribution in [0.3, 0.4) is 0 Å². The molecule has 0 spiro atoms. The fourth-order valence-corrected chi connectivity index (χ4v) is 2.06. The van der Waals surface area contributed by atoms with Gasteiger partial charge in [-0.15, -0.1) is 0 Å². The van der Waals surface area contributed by atoms with Gasteiger partial charge in [0.1, 0.15) is 0 Å². The first-order valence-corrected chi connectivity index (χ1v) is 8.58. The predicted molar refractivity (Wildman–Crippen MR) is 87.1 cm³/mol. The summed E-state index contributed by atoms with van der Waals surface area (Å²) in [7, 11) is 0. The minimum absolute atomic E-state index is 0. The van der Waals surface area contributed by atoms with Gasteiger partial charge < -0.3 is 14.9 Å². The van der Waals surface area contributed by atoms with Crippen LogP contribution in [0, 0.1) is 0 Å². The summed E-state index contributed by atoms with van der Waals surface area (Å²) in [6.45, 7) is 8.41. The third-order valence-electron chi connectivity index (χ3n) is 3.40. The largest absolute Gasteiger partial charge is 0.412 e. The Morgan fingerprint density at radius 2 is 1.10 bits per heavy atom. The Kier molecular flexibility index (Phi) is 20.9. The van der Waals surface area contributed by atoms with Gasteiger partial charge in [-0.25, -0.2) is 0 Å². The average Bonchev–Trinajstić information content (AvgIpc) is 2.42. The lowest BCUT2D eigenvalue weighted by atomic mass is 10.1. The molecule has 0 aliphatic rings. The second-order valence-electron chi connectivity index (χ2n) is 5.43. The summed E-state index contributed by atoms with van der Waals surface area (Å²) in [6.07, 6.45) is 13.7. The number of ether oxygens (including phenoxy) is 2. The van der Waals surface area contributed by atoms with E-state index in [0.29, 0.717) is 0 Å². The van der Waals surface area contributed by atoms with E-state index in [2.05, 4.69) is 20.8 Å². The molecule has 3 nitrogen and oxygen atoms in total. The molecule has 0 aromatic rings. The molecule has 20 heavy (non-hydrogen) atoms. The van der Waals surface area contributed by atoms with Gasteiger partial charge >= 0.3 is 0 Å². The molecule has 0 rings (SSSR count). The van der Waals surface area contributed by atoms with E-state index in [1.165, 1.54) is 57.8 Å². The first-order chi connectivity index (χ1) is 9.35. The summed E-state index contributed by atoms with van der Waals surface area (Å²) < 4.78 is 11.7. The molecule has 0 fully saturated rings. The van der Waals surface area contributed by atoms with Crippen molar-refractivity contribution < 1.29 is 14.9 Å². The van der Waals surface area contributed by atoms with Gasteiger partial charge in [0.25, 0.3) is 0 Å². The quantitative estimate of drug-likeness (QED) is 0.319. The summed E-state index contributed by atoms with van der Waals surface area (Å²) in [4.78, 5) is 0. The number of unbranched alkanes of at least 4 members (excludes halogenated alkanes) is 7. The van der Waals surface area contributed by atoms with Crippen molar-refractivity contribution >= 4 is 0 Å². The van der Waals surface area contributed by atoms with Crippen molar-refractivity contribution in [1.29, 1.82) is 0 Å². The Labute approximate surface area is 126 Å². The van der Waals surface area contributed by atoms with E-state index in [4.69, 9.17) is 9.47 Å². The van der Waals surface area contributed by atoms with Crippen LogP contribution in [-0.2, 0) is 9.47 Å². The normalized spacial score (nSPS) is 12.2. The number of hydrogen-bond donors (Lipinski definition) is 0. The van der Waals surface area contributed by atoms with Gasteiger partial charge in [-0.1, -0.05) is 65.7 Å². The minimum Gasteiger partial charge on any atom is -0.412 e. The molecule has 124 valence electrons. The van der Waals surface area contributed by atoms with Crippen molar-refractivity contribution in [2.45, 2.75) is 97.7 Å². The second-order valence-corrected chi connectivity index (χ2v) is 5.43. The third kappa shape index (κ3) is 15.9. The van der Waals surface area contributed by atoms with Gasteiger partial charge in [0.05, 0.1) is 0 Å². The van der Waals surface area contributed by atoms with Crippen LogP contribution in [0.5, 0.6) is 0 Å². The van der Waals surface area contributed by atoms with Crippen molar-refractivity contribution in [3.8, 4) is 0 Å². The lowest BCUT2D eigenvalue weighted by molar-refractivity contribution is -0.147. The summed E-state index contributed by atoms with van der Waals surface area (Å²) in [5.41, 5.74) is 0. The van der Waals surface area contributed by atoms with E-state index in [0.717, 1.165) is 26.1 Å². The van der Waals surface area contributed by atoms with Gasteiger partial charge in [0.15, 0.2) is 6.29 Å². The molecule has 0 aliphatic heterocycles. The molecule has 2 N–H and O–H groups in total. The summed E-state index contributed by atoms with van der Waals surface area (Å²) in [5.74, 6) is 0. The highest BCUT2D eigenvalue weighted by atomic mass is 16.7. The smallest absolute Gasteiger partial charge is 0.157 e. The highest BCUT2D eigenvalue weighted by Crippen LogP contribution is 2.11. The van der Waals surface area contributed by atoms with Crippen LogP contribution in [0.25, 0.3) is 0 Å². The number of rotatable bonds is 15. The standard InChI is InChI=1S/C17H36O2.H2O/c1-4-7-10-12-14-17(18-15-9-6-3)19-16-13-11-8-5-2;/h17H,4-16H2,1-3H3;1H2. The van der Waals surface area contributed by atoms with Crippen LogP contribution in [0.15, 0.2) is 0 Å². The van der Waals surface area contributed by atoms with E-state index in [9.17, 15) is 0 Å². The van der Waals surface area contributed by atoms with E-state index in [-0.39, 0.29) is 11.8 Å². The molecule has 0 radical (unpaired) electrons. The fourth-order valence-electron chi connectivity index (χ4n) is 2.06. The molecule has 0 aliphatic carbocycles. The van der Waals surface area contributed by atoms with Gasteiger partial charge in [0, 0.05) is 13.2 Å². The first kappa shape index (κ1) is 22.2. The van der Waals surface area contributed by atoms with E-state index in [1.54, 1.807) is 0 Å². The maximum absolute atomic E-state index is 5.89. The Morgan fingerprint density at radius 1 is 0.600 bits per heavy atom. The third-order valence-corrected chi connectivity index (χ3v) is 3.40. The first-order valence-electron chi connectivity index (χ1n) is 8.58. The zero-order chi connectivity index (χ0) is 14.2. The fraction of sp³-hybridized carbons (Fsp3) is 1.00. The average molecular weight is 290 g/mol. The molecule has 1 unspecified atom stereocenters. The molecule has 0 bridgehead atoms. The van der Waals surface area contributed by atoms with E-state index < -0.39 is 0 Å². The van der Waals surface area contributed by atoms with Crippen LogP contribution in [0.4, 0.5) is 0 Å². The summed E-state index contributed by atoms with van der Waals surface area (Å²) in [5, 5.41) is 0. The maximum atomic E-state index is 5.89. The molecular formula is C17H38O3. The molecular weight excluding hydrogens is 252 g/mol. The predicted octanol–water partition coefficient (Wildman–Crippen LogP) is 4.87. The van der Waals surface area contributed by atoms with Gasteiger partial charge in [-0.2, -0.15) is 0 Å². The van der Waals surface area contributed by atoms with Crippen molar-refractivity contribution in [2.24, 2.45) is 0 Å². The SMILES string of the molecule is CCCCCCOC(CCCCCC)OCCCC.O. The molecule has 0 saturated heterocycles. The lowest BCUT2D eigenvalue weighted by Crippen LogP contribution is -2.18. The second kappa shape index (κ2) is 18.9. The van der Waals surface area contributed by atoms with Gasteiger partial charge in [-0.05, 0) is 25.7 Å². The molecule has 0 saturated carbocycles. The van der Waals surface area contributed by atoms with Crippen LogP contribution in [0.1, 0.15) is 91.4 Å². The van der Waals surface area contributed by atoms with E-state index in [1.807, 2.05) is 0 Å². The van der Waals surface area contributed by atoms with Crippen LogP contribution >= 0.6 is 0 Å².